The summed E-state index contributed by atoms with van der Waals surface area (Å²) in [5.74, 6) is 1.79. The van der Waals surface area contributed by atoms with Crippen molar-refractivity contribution in [1.82, 2.24) is 9.55 Å². The van der Waals surface area contributed by atoms with Gasteiger partial charge in [-0.05, 0) is 31.4 Å². The van der Waals surface area contributed by atoms with Crippen LogP contribution in [-0.2, 0) is 19.4 Å². The van der Waals surface area contributed by atoms with Gasteiger partial charge in [0.05, 0.1) is 25.3 Å². The van der Waals surface area contributed by atoms with E-state index in [9.17, 15) is 0 Å². The maximum absolute atomic E-state index is 8.96. The smallest absolute Gasteiger partial charge is 0.140 e. The molecule has 4 nitrogen and oxygen atoms in total. The van der Waals surface area contributed by atoms with E-state index < -0.39 is 0 Å². The molecular formula is C16H17N3O. The van der Waals surface area contributed by atoms with Gasteiger partial charge in [0.1, 0.15) is 11.6 Å². The molecule has 2 aromatic rings. The summed E-state index contributed by atoms with van der Waals surface area (Å²) in [4.78, 5) is 4.71. The van der Waals surface area contributed by atoms with E-state index in [0.717, 1.165) is 35.8 Å². The molecule has 2 heterocycles. The number of rotatable bonds is 3. The first-order valence-electron chi connectivity index (χ1n) is 6.93. The fourth-order valence-electron chi connectivity index (χ4n) is 2.82. The Morgan fingerprint density at radius 3 is 3.10 bits per heavy atom. The van der Waals surface area contributed by atoms with Gasteiger partial charge in [-0.15, -0.1) is 0 Å². The molecule has 1 aliphatic heterocycles. The van der Waals surface area contributed by atoms with E-state index in [1.165, 1.54) is 18.5 Å². The molecule has 1 aromatic heterocycles. The Hall–Kier alpha value is -2.28. The van der Waals surface area contributed by atoms with Crippen LogP contribution < -0.4 is 4.74 Å². The van der Waals surface area contributed by atoms with Gasteiger partial charge in [-0.3, -0.25) is 0 Å². The Balaban J connectivity index is 2.11. The van der Waals surface area contributed by atoms with Crippen molar-refractivity contribution in [2.45, 2.75) is 32.2 Å². The summed E-state index contributed by atoms with van der Waals surface area (Å²) < 4.78 is 7.55. The van der Waals surface area contributed by atoms with E-state index in [1.54, 1.807) is 7.11 Å². The molecule has 4 heteroatoms. The summed E-state index contributed by atoms with van der Waals surface area (Å²) in [5, 5.41) is 8.96. The lowest BCUT2D eigenvalue weighted by Crippen LogP contribution is -2.12. The third-order valence-electron chi connectivity index (χ3n) is 3.78. The first-order chi connectivity index (χ1) is 9.83. The highest BCUT2D eigenvalue weighted by Gasteiger charge is 2.20. The predicted octanol–water partition coefficient (Wildman–Crippen LogP) is 2.96. The summed E-state index contributed by atoms with van der Waals surface area (Å²) in [6.45, 7) is 0.986. The predicted molar refractivity (Wildman–Crippen MR) is 76.5 cm³/mol. The highest BCUT2D eigenvalue weighted by atomic mass is 16.5. The molecule has 1 aromatic carbocycles. The second kappa shape index (κ2) is 5.38. The Bertz CT molecular complexity index is 667. The Labute approximate surface area is 118 Å². The highest BCUT2D eigenvalue weighted by Crippen LogP contribution is 2.29. The van der Waals surface area contributed by atoms with E-state index in [1.807, 2.05) is 24.3 Å². The van der Waals surface area contributed by atoms with E-state index in [-0.39, 0.29) is 0 Å². The third-order valence-corrected chi connectivity index (χ3v) is 3.78. The average Bonchev–Trinajstić information content (AvgIpc) is 2.87. The van der Waals surface area contributed by atoms with Crippen molar-refractivity contribution in [1.29, 1.82) is 5.26 Å². The van der Waals surface area contributed by atoms with Crippen LogP contribution in [0.5, 0.6) is 5.75 Å². The molecule has 0 bridgehead atoms. The van der Waals surface area contributed by atoms with Crippen LogP contribution in [0.1, 0.15) is 24.2 Å². The largest absolute Gasteiger partial charge is 0.497 e. The lowest BCUT2D eigenvalue weighted by molar-refractivity contribution is 0.415. The van der Waals surface area contributed by atoms with E-state index in [4.69, 9.17) is 15.0 Å². The van der Waals surface area contributed by atoms with Crippen LogP contribution in [0.4, 0.5) is 0 Å². The van der Waals surface area contributed by atoms with Gasteiger partial charge in [0.2, 0.25) is 0 Å². The maximum Gasteiger partial charge on any atom is 0.140 e. The van der Waals surface area contributed by atoms with Gasteiger partial charge in [-0.1, -0.05) is 12.1 Å². The molecule has 0 spiro atoms. The van der Waals surface area contributed by atoms with Crippen molar-refractivity contribution in [2.75, 3.05) is 7.11 Å². The van der Waals surface area contributed by atoms with Crippen LogP contribution in [0.15, 0.2) is 24.3 Å². The third kappa shape index (κ3) is 2.16. The van der Waals surface area contributed by atoms with E-state index in [2.05, 4.69) is 10.6 Å². The number of ether oxygens (including phenoxy) is 1. The van der Waals surface area contributed by atoms with Gasteiger partial charge < -0.3 is 9.30 Å². The molecule has 0 N–H and O–H groups in total. The van der Waals surface area contributed by atoms with Gasteiger partial charge in [0.25, 0.3) is 0 Å². The summed E-state index contributed by atoms with van der Waals surface area (Å²) >= 11 is 0. The summed E-state index contributed by atoms with van der Waals surface area (Å²) in [6, 6.07) is 10.2. The number of hydrogen-bond acceptors (Lipinski definition) is 3. The van der Waals surface area contributed by atoms with Gasteiger partial charge in [0, 0.05) is 17.8 Å². The fourth-order valence-corrected chi connectivity index (χ4v) is 2.82. The maximum atomic E-state index is 8.96. The van der Waals surface area contributed by atoms with Gasteiger partial charge in [0.15, 0.2) is 0 Å². The van der Waals surface area contributed by atoms with Crippen molar-refractivity contribution in [3.63, 3.8) is 0 Å². The Morgan fingerprint density at radius 2 is 2.30 bits per heavy atom. The van der Waals surface area contributed by atoms with Crippen LogP contribution in [0.3, 0.4) is 0 Å². The van der Waals surface area contributed by atoms with Gasteiger partial charge in [-0.25, -0.2) is 4.98 Å². The van der Waals surface area contributed by atoms with Crippen LogP contribution in [-0.4, -0.2) is 16.7 Å². The molecule has 3 rings (SSSR count). The molecule has 0 fully saturated rings. The van der Waals surface area contributed by atoms with Crippen LogP contribution in [0, 0.1) is 11.3 Å². The zero-order valence-electron chi connectivity index (χ0n) is 11.6. The molecular weight excluding hydrogens is 250 g/mol. The first-order valence-corrected chi connectivity index (χ1v) is 6.93. The highest BCUT2D eigenvalue weighted by molar-refractivity contribution is 5.59. The normalized spacial score (nSPS) is 13.6. The first kappa shape index (κ1) is 12.7. The number of methoxy groups -OCH3 is 1. The van der Waals surface area contributed by atoms with Crippen LogP contribution in [0.2, 0.25) is 0 Å². The second-order valence-corrected chi connectivity index (χ2v) is 5.00. The molecule has 20 heavy (non-hydrogen) atoms. The van der Waals surface area contributed by atoms with Crippen molar-refractivity contribution < 1.29 is 4.74 Å². The zero-order valence-corrected chi connectivity index (χ0v) is 11.6. The lowest BCUT2D eigenvalue weighted by Gasteiger charge is -2.17. The summed E-state index contributed by atoms with van der Waals surface area (Å²) in [5.41, 5.74) is 3.22. The van der Waals surface area contributed by atoms with Crippen molar-refractivity contribution in [3.05, 3.63) is 35.7 Å². The molecule has 1 aliphatic rings. The topological polar surface area (TPSA) is 50.8 Å². The lowest BCUT2D eigenvalue weighted by atomic mass is 10.1. The molecule has 0 amide bonds. The monoisotopic (exact) mass is 267 g/mol. The Morgan fingerprint density at radius 1 is 1.40 bits per heavy atom. The van der Waals surface area contributed by atoms with Gasteiger partial charge >= 0.3 is 0 Å². The van der Waals surface area contributed by atoms with E-state index >= 15 is 0 Å². The number of nitriles is 1. The minimum absolute atomic E-state index is 0.388. The molecule has 0 saturated carbocycles. The average molecular weight is 267 g/mol. The molecule has 102 valence electrons. The van der Waals surface area contributed by atoms with Crippen molar-refractivity contribution in [2.24, 2.45) is 0 Å². The molecule has 0 saturated heterocycles. The number of nitrogens with zero attached hydrogens (tertiary/aromatic N) is 3. The van der Waals surface area contributed by atoms with E-state index in [0.29, 0.717) is 6.42 Å². The van der Waals surface area contributed by atoms with Crippen LogP contribution >= 0.6 is 0 Å². The minimum Gasteiger partial charge on any atom is -0.497 e. The minimum atomic E-state index is 0.388. The second-order valence-electron chi connectivity index (χ2n) is 5.00. The summed E-state index contributed by atoms with van der Waals surface area (Å²) in [7, 11) is 1.67. The number of imidazole rings is 1. The summed E-state index contributed by atoms with van der Waals surface area (Å²) in [6.07, 6.45) is 3.77. The molecule has 0 atom stereocenters. The zero-order chi connectivity index (χ0) is 13.9. The number of aromatic nitrogens is 2. The molecule has 0 unspecified atom stereocenters. The van der Waals surface area contributed by atoms with Crippen molar-refractivity contribution in [3.8, 4) is 23.2 Å². The van der Waals surface area contributed by atoms with Crippen LogP contribution in [0.25, 0.3) is 11.4 Å². The number of hydrogen-bond donors (Lipinski definition) is 0. The Kier molecular flexibility index (Phi) is 3.42. The standard InChI is InChI=1S/C16H17N3O/c1-20-13-6-4-5-12(11-13)16-18-14(8-9-17)15-7-2-3-10-19(15)16/h4-6,11H,2-3,7-8,10H2,1H3. The SMILES string of the molecule is COc1cccc(-c2nc(CC#N)c3n2CCCC3)c1. The number of fused-ring (bicyclic) bond motifs is 1. The number of benzene rings is 1. The van der Waals surface area contributed by atoms with Crippen molar-refractivity contribution >= 4 is 0 Å². The quantitative estimate of drug-likeness (QED) is 0.859. The van der Waals surface area contributed by atoms with Gasteiger partial charge in [-0.2, -0.15) is 5.26 Å². The molecule has 0 radical (unpaired) electrons. The molecule has 0 aliphatic carbocycles. The fraction of sp³-hybridized carbons (Fsp3) is 0.375.